The maximum atomic E-state index is 3.44. The van der Waals surface area contributed by atoms with E-state index in [0.717, 1.165) is 10.5 Å². The Labute approximate surface area is 85.2 Å². The molecule has 64 valence electrons. The van der Waals surface area contributed by atoms with Gasteiger partial charge in [-0.05, 0) is 43.0 Å². The average molecular weight is 244 g/mol. The monoisotopic (exact) mass is 243 g/mol. The van der Waals surface area contributed by atoms with E-state index in [1.54, 1.807) is 11.9 Å². The highest BCUT2D eigenvalue weighted by atomic mass is 79.9. The van der Waals surface area contributed by atoms with Crippen LogP contribution in [-0.4, -0.2) is 6.04 Å². The average Bonchev–Trinajstić information content (AvgIpc) is 2.84. The van der Waals surface area contributed by atoms with Gasteiger partial charge in [0.1, 0.15) is 0 Å². The second-order valence-corrected chi connectivity index (χ2v) is 4.78. The van der Waals surface area contributed by atoms with Crippen LogP contribution in [0.5, 0.6) is 0 Å². The minimum Gasteiger partial charge on any atom is -0.257 e. The molecule has 1 nitrogen and oxygen atoms in total. The predicted molar refractivity (Wildman–Crippen MR) is 56.2 cm³/mol. The standard InChI is InChI=1S/C9H10BrNS/c10-7-2-1-3-9(6-7)12-11-8-4-5-8/h1-3,6,8,11H,4-5H2. The van der Waals surface area contributed by atoms with Crippen molar-refractivity contribution in [3.05, 3.63) is 28.7 Å². The van der Waals surface area contributed by atoms with E-state index >= 15 is 0 Å². The summed E-state index contributed by atoms with van der Waals surface area (Å²) in [5.41, 5.74) is 0. The van der Waals surface area contributed by atoms with Crippen LogP contribution >= 0.6 is 27.9 Å². The van der Waals surface area contributed by atoms with Gasteiger partial charge in [0, 0.05) is 15.4 Å². The summed E-state index contributed by atoms with van der Waals surface area (Å²) in [6, 6.07) is 9.10. The Kier molecular flexibility index (Phi) is 2.73. The smallest absolute Gasteiger partial charge is 0.0239 e. The van der Waals surface area contributed by atoms with Crippen molar-refractivity contribution >= 4 is 27.9 Å². The summed E-state index contributed by atoms with van der Waals surface area (Å²) in [6.45, 7) is 0. The van der Waals surface area contributed by atoms with Crippen molar-refractivity contribution in [2.75, 3.05) is 0 Å². The molecule has 0 atom stereocenters. The van der Waals surface area contributed by atoms with E-state index in [1.807, 2.05) is 6.07 Å². The zero-order chi connectivity index (χ0) is 8.39. The van der Waals surface area contributed by atoms with Gasteiger partial charge in [-0.25, -0.2) is 0 Å². The molecule has 0 unspecified atom stereocenters. The maximum absolute atomic E-state index is 3.44. The fraction of sp³-hybridized carbons (Fsp3) is 0.333. The molecule has 0 aliphatic heterocycles. The summed E-state index contributed by atoms with van der Waals surface area (Å²) < 4.78 is 4.54. The molecular weight excluding hydrogens is 234 g/mol. The van der Waals surface area contributed by atoms with Crippen molar-refractivity contribution in [2.24, 2.45) is 0 Å². The summed E-state index contributed by atoms with van der Waals surface area (Å²) in [5.74, 6) is 0. The molecule has 2 rings (SSSR count). The van der Waals surface area contributed by atoms with E-state index in [9.17, 15) is 0 Å². The van der Waals surface area contributed by atoms with E-state index in [0.29, 0.717) is 0 Å². The van der Waals surface area contributed by atoms with Crippen LogP contribution in [-0.2, 0) is 0 Å². The van der Waals surface area contributed by atoms with Gasteiger partial charge in [-0.1, -0.05) is 22.0 Å². The molecule has 0 aromatic heterocycles. The Hall–Kier alpha value is 0.01000. The van der Waals surface area contributed by atoms with Crippen molar-refractivity contribution in [3.8, 4) is 0 Å². The van der Waals surface area contributed by atoms with E-state index in [1.165, 1.54) is 17.7 Å². The molecule has 0 bridgehead atoms. The molecule has 0 heterocycles. The van der Waals surface area contributed by atoms with Gasteiger partial charge in [0.15, 0.2) is 0 Å². The molecule has 1 saturated carbocycles. The van der Waals surface area contributed by atoms with E-state index in [2.05, 4.69) is 38.9 Å². The number of benzene rings is 1. The molecule has 1 N–H and O–H groups in total. The Bertz CT molecular complexity index is 273. The third-order valence-corrected chi connectivity index (χ3v) is 3.15. The highest BCUT2D eigenvalue weighted by Gasteiger charge is 2.20. The summed E-state index contributed by atoms with van der Waals surface area (Å²) in [5, 5.41) is 0. The van der Waals surface area contributed by atoms with Gasteiger partial charge in [-0.3, -0.25) is 4.72 Å². The third-order valence-electron chi connectivity index (χ3n) is 1.72. The molecule has 3 heteroatoms. The molecule has 1 aromatic carbocycles. The first kappa shape index (κ1) is 8.60. The first-order valence-electron chi connectivity index (χ1n) is 4.02. The quantitative estimate of drug-likeness (QED) is 0.819. The topological polar surface area (TPSA) is 12.0 Å². The van der Waals surface area contributed by atoms with Crippen molar-refractivity contribution < 1.29 is 0 Å². The molecule has 0 radical (unpaired) electrons. The number of halogens is 1. The molecule has 1 aromatic rings. The van der Waals surface area contributed by atoms with Gasteiger partial charge in [0.05, 0.1) is 0 Å². The first-order valence-corrected chi connectivity index (χ1v) is 5.63. The highest BCUT2D eigenvalue weighted by molar-refractivity contribution is 9.10. The lowest BCUT2D eigenvalue weighted by atomic mass is 10.4. The highest BCUT2D eigenvalue weighted by Crippen LogP contribution is 2.26. The van der Waals surface area contributed by atoms with Crippen LogP contribution in [0, 0.1) is 0 Å². The van der Waals surface area contributed by atoms with E-state index in [-0.39, 0.29) is 0 Å². The van der Waals surface area contributed by atoms with Crippen LogP contribution in [0.15, 0.2) is 33.6 Å². The zero-order valence-electron chi connectivity index (χ0n) is 6.59. The van der Waals surface area contributed by atoms with Crippen LogP contribution in [0.4, 0.5) is 0 Å². The van der Waals surface area contributed by atoms with Crippen LogP contribution in [0.3, 0.4) is 0 Å². The van der Waals surface area contributed by atoms with Gasteiger partial charge >= 0.3 is 0 Å². The Morgan fingerprint density at radius 1 is 1.42 bits per heavy atom. The fourth-order valence-corrected chi connectivity index (χ4v) is 2.30. The van der Waals surface area contributed by atoms with Crippen LogP contribution in [0.2, 0.25) is 0 Å². The summed E-state index contributed by atoms with van der Waals surface area (Å²) in [4.78, 5) is 1.27. The first-order chi connectivity index (χ1) is 5.84. The minimum atomic E-state index is 0.758. The lowest BCUT2D eigenvalue weighted by Gasteiger charge is -2.01. The Morgan fingerprint density at radius 2 is 2.25 bits per heavy atom. The zero-order valence-corrected chi connectivity index (χ0v) is 8.99. The number of nitrogens with one attached hydrogen (secondary N) is 1. The minimum absolute atomic E-state index is 0.758. The normalized spacial score (nSPS) is 16.4. The second-order valence-electron chi connectivity index (χ2n) is 2.95. The lowest BCUT2D eigenvalue weighted by molar-refractivity contribution is 0.969. The van der Waals surface area contributed by atoms with Crippen molar-refractivity contribution in [2.45, 2.75) is 23.8 Å². The summed E-state index contributed by atoms with van der Waals surface area (Å²) >= 11 is 5.17. The molecule has 1 aliphatic carbocycles. The van der Waals surface area contributed by atoms with Crippen LogP contribution in [0.25, 0.3) is 0 Å². The molecule has 0 spiro atoms. The number of hydrogen-bond acceptors (Lipinski definition) is 2. The lowest BCUT2D eigenvalue weighted by Crippen LogP contribution is -2.04. The van der Waals surface area contributed by atoms with Crippen LogP contribution in [0.1, 0.15) is 12.8 Å². The summed E-state index contributed by atoms with van der Waals surface area (Å²) in [6.07, 6.45) is 2.67. The number of hydrogen-bond donors (Lipinski definition) is 1. The van der Waals surface area contributed by atoms with Gasteiger partial charge in [0.2, 0.25) is 0 Å². The van der Waals surface area contributed by atoms with Crippen molar-refractivity contribution in [3.63, 3.8) is 0 Å². The van der Waals surface area contributed by atoms with Crippen LogP contribution < -0.4 is 4.72 Å². The summed E-state index contributed by atoms with van der Waals surface area (Å²) in [7, 11) is 0. The Balaban J connectivity index is 1.92. The molecular formula is C9H10BrNS. The molecule has 12 heavy (non-hydrogen) atoms. The van der Waals surface area contributed by atoms with Crippen molar-refractivity contribution in [1.29, 1.82) is 0 Å². The van der Waals surface area contributed by atoms with Gasteiger partial charge in [0.25, 0.3) is 0 Å². The predicted octanol–water partition coefficient (Wildman–Crippen LogP) is 3.21. The van der Waals surface area contributed by atoms with Gasteiger partial charge in [-0.2, -0.15) is 0 Å². The molecule has 0 amide bonds. The Morgan fingerprint density at radius 3 is 2.92 bits per heavy atom. The number of rotatable bonds is 3. The molecule has 1 fully saturated rings. The van der Waals surface area contributed by atoms with E-state index < -0.39 is 0 Å². The van der Waals surface area contributed by atoms with E-state index in [4.69, 9.17) is 0 Å². The SMILES string of the molecule is Brc1cccc(SNC2CC2)c1. The molecule has 1 aliphatic rings. The van der Waals surface area contributed by atoms with Gasteiger partial charge < -0.3 is 0 Å². The second kappa shape index (κ2) is 3.81. The fourth-order valence-electron chi connectivity index (χ4n) is 0.883. The maximum Gasteiger partial charge on any atom is 0.0239 e. The largest absolute Gasteiger partial charge is 0.257 e. The third kappa shape index (κ3) is 2.51. The molecule has 0 saturated heterocycles. The van der Waals surface area contributed by atoms with Gasteiger partial charge in [-0.15, -0.1) is 0 Å². The van der Waals surface area contributed by atoms with Crippen molar-refractivity contribution in [1.82, 2.24) is 4.72 Å².